The second-order valence-electron chi connectivity index (χ2n) is 2.68. The van der Waals surface area contributed by atoms with Gasteiger partial charge < -0.3 is 5.73 Å². The molecule has 2 aromatic heterocycles. The van der Waals surface area contributed by atoms with Gasteiger partial charge in [0.15, 0.2) is 0 Å². The van der Waals surface area contributed by atoms with Gasteiger partial charge in [0.25, 0.3) is 0 Å². The summed E-state index contributed by atoms with van der Waals surface area (Å²) in [6.07, 6.45) is 4.57. The van der Waals surface area contributed by atoms with Crippen molar-refractivity contribution < 1.29 is 0 Å². The Morgan fingerprint density at radius 3 is 3.17 bits per heavy atom. The zero-order valence-corrected chi connectivity index (χ0v) is 6.64. The van der Waals surface area contributed by atoms with Crippen molar-refractivity contribution in [3.63, 3.8) is 0 Å². The molecule has 0 atom stereocenters. The van der Waals surface area contributed by atoms with Gasteiger partial charge in [0.2, 0.25) is 0 Å². The minimum absolute atomic E-state index is 0.667. The summed E-state index contributed by atoms with van der Waals surface area (Å²) in [6, 6.07) is 4.04. The third kappa shape index (κ3) is 1.16. The quantitative estimate of drug-likeness (QED) is 0.687. The Morgan fingerprint density at radius 1 is 1.42 bits per heavy atom. The van der Waals surface area contributed by atoms with E-state index in [4.69, 9.17) is 5.73 Å². The lowest BCUT2D eigenvalue weighted by molar-refractivity contribution is 0.838. The molecule has 4 heteroatoms. The number of hydrogen-bond donors (Lipinski definition) is 1. The highest BCUT2D eigenvalue weighted by Crippen LogP contribution is 2.03. The number of nitrogens with two attached hydrogens (primary N) is 1. The first-order chi connectivity index (χ1) is 5.90. The molecule has 0 spiro atoms. The SMILES string of the molecule is NCCc1ccc2cnnn2c1. The zero-order valence-electron chi connectivity index (χ0n) is 6.64. The van der Waals surface area contributed by atoms with Crippen LogP contribution in [0, 0.1) is 0 Å². The van der Waals surface area contributed by atoms with Gasteiger partial charge >= 0.3 is 0 Å². The molecule has 0 aliphatic rings. The molecule has 2 N–H and O–H groups in total. The molecule has 0 radical (unpaired) electrons. The van der Waals surface area contributed by atoms with Crippen LogP contribution in [0.4, 0.5) is 0 Å². The van der Waals surface area contributed by atoms with Crippen LogP contribution in [0.1, 0.15) is 5.56 Å². The van der Waals surface area contributed by atoms with E-state index in [1.54, 1.807) is 10.7 Å². The number of pyridine rings is 1. The Labute approximate surface area is 70.0 Å². The molecule has 0 bridgehead atoms. The first kappa shape index (κ1) is 7.24. The molecule has 62 valence electrons. The number of fused-ring (bicyclic) bond motifs is 1. The van der Waals surface area contributed by atoms with Crippen LogP contribution in [0.15, 0.2) is 24.5 Å². The summed E-state index contributed by atoms with van der Waals surface area (Å²) in [6.45, 7) is 0.667. The second kappa shape index (κ2) is 2.91. The molecular weight excluding hydrogens is 152 g/mol. The van der Waals surface area contributed by atoms with Crippen LogP contribution in [-0.2, 0) is 6.42 Å². The van der Waals surface area contributed by atoms with E-state index in [-0.39, 0.29) is 0 Å². The lowest BCUT2D eigenvalue weighted by Gasteiger charge is -1.97. The Bertz CT molecular complexity index is 379. The standard InChI is InChI=1S/C8H10N4/c9-4-3-7-1-2-8-5-10-11-12(8)6-7/h1-2,5-6H,3-4,9H2. The van der Waals surface area contributed by atoms with Gasteiger partial charge in [0, 0.05) is 6.20 Å². The maximum atomic E-state index is 5.43. The van der Waals surface area contributed by atoms with Gasteiger partial charge in [-0.25, -0.2) is 4.52 Å². The van der Waals surface area contributed by atoms with Crippen molar-refractivity contribution in [1.29, 1.82) is 0 Å². The van der Waals surface area contributed by atoms with Crippen LogP contribution >= 0.6 is 0 Å². The van der Waals surface area contributed by atoms with E-state index in [0.717, 1.165) is 11.9 Å². The molecule has 2 aromatic rings. The summed E-state index contributed by atoms with van der Waals surface area (Å²) in [7, 11) is 0. The minimum Gasteiger partial charge on any atom is -0.330 e. The molecule has 0 aliphatic heterocycles. The summed E-state index contributed by atoms with van der Waals surface area (Å²) in [4.78, 5) is 0. The van der Waals surface area contributed by atoms with Gasteiger partial charge in [-0.2, -0.15) is 0 Å². The highest BCUT2D eigenvalue weighted by atomic mass is 15.4. The highest BCUT2D eigenvalue weighted by Gasteiger charge is 1.95. The third-order valence-corrected chi connectivity index (χ3v) is 1.79. The normalized spacial score (nSPS) is 10.8. The van der Waals surface area contributed by atoms with Crippen molar-refractivity contribution in [2.75, 3.05) is 6.54 Å². The van der Waals surface area contributed by atoms with Gasteiger partial charge in [0.05, 0.1) is 11.7 Å². The topological polar surface area (TPSA) is 56.2 Å². The Hall–Kier alpha value is -1.42. The van der Waals surface area contributed by atoms with E-state index in [0.29, 0.717) is 6.54 Å². The smallest absolute Gasteiger partial charge is 0.0865 e. The largest absolute Gasteiger partial charge is 0.330 e. The van der Waals surface area contributed by atoms with E-state index >= 15 is 0 Å². The van der Waals surface area contributed by atoms with Crippen molar-refractivity contribution >= 4 is 5.52 Å². The first-order valence-corrected chi connectivity index (χ1v) is 3.89. The molecule has 2 heterocycles. The second-order valence-corrected chi connectivity index (χ2v) is 2.68. The maximum Gasteiger partial charge on any atom is 0.0865 e. The van der Waals surface area contributed by atoms with Crippen molar-refractivity contribution in [2.45, 2.75) is 6.42 Å². The number of aromatic nitrogens is 3. The van der Waals surface area contributed by atoms with Crippen LogP contribution in [0.3, 0.4) is 0 Å². The molecule has 0 aliphatic carbocycles. The fourth-order valence-corrected chi connectivity index (χ4v) is 1.18. The van der Waals surface area contributed by atoms with Gasteiger partial charge in [0.1, 0.15) is 0 Å². The van der Waals surface area contributed by atoms with E-state index in [1.165, 1.54) is 5.56 Å². The first-order valence-electron chi connectivity index (χ1n) is 3.89. The van der Waals surface area contributed by atoms with Crippen LogP contribution in [0.2, 0.25) is 0 Å². The van der Waals surface area contributed by atoms with E-state index < -0.39 is 0 Å². The molecule has 0 amide bonds. The van der Waals surface area contributed by atoms with Crippen LogP contribution in [-0.4, -0.2) is 21.4 Å². The van der Waals surface area contributed by atoms with Crippen molar-refractivity contribution in [3.05, 3.63) is 30.1 Å². The molecular formula is C8H10N4. The average molecular weight is 162 g/mol. The molecule has 12 heavy (non-hydrogen) atoms. The lowest BCUT2D eigenvalue weighted by atomic mass is 10.2. The van der Waals surface area contributed by atoms with Gasteiger partial charge in [-0.05, 0) is 24.6 Å². The van der Waals surface area contributed by atoms with Gasteiger partial charge in [-0.3, -0.25) is 0 Å². The lowest BCUT2D eigenvalue weighted by Crippen LogP contribution is -2.03. The van der Waals surface area contributed by atoms with Crippen molar-refractivity contribution in [2.24, 2.45) is 5.73 Å². The number of hydrogen-bond acceptors (Lipinski definition) is 3. The van der Waals surface area contributed by atoms with E-state index in [9.17, 15) is 0 Å². The molecule has 0 aromatic carbocycles. The predicted octanol–water partition coefficient (Wildman–Crippen LogP) is 0.230. The van der Waals surface area contributed by atoms with Crippen LogP contribution in [0.25, 0.3) is 5.52 Å². The highest BCUT2D eigenvalue weighted by molar-refractivity contribution is 5.43. The number of nitrogens with zero attached hydrogens (tertiary/aromatic N) is 3. The molecule has 0 saturated heterocycles. The van der Waals surface area contributed by atoms with E-state index in [2.05, 4.69) is 10.3 Å². The Kier molecular flexibility index (Phi) is 1.75. The molecule has 0 unspecified atom stereocenters. The van der Waals surface area contributed by atoms with Crippen LogP contribution in [0.5, 0.6) is 0 Å². The van der Waals surface area contributed by atoms with Crippen molar-refractivity contribution in [3.8, 4) is 0 Å². The minimum atomic E-state index is 0.667. The van der Waals surface area contributed by atoms with Crippen molar-refractivity contribution in [1.82, 2.24) is 14.8 Å². The van der Waals surface area contributed by atoms with E-state index in [1.807, 2.05) is 18.3 Å². The fourth-order valence-electron chi connectivity index (χ4n) is 1.18. The van der Waals surface area contributed by atoms with Gasteiger partial charge in [-0.15, -0.1) is 5.10 Å². The molecule has 2 rings (SSSR count). The van der Waals surface area contributed by atoms with Gasteiger partial charge in [-0.1, -0.05) is 11.3 Å². The summed E-state index contributed by atoms with van der Waals surface area (Å²) >= 11 is 0. The average Bonchev–Trinajstić information content (AvgIpc) is 2.51. The Balaban J connectivity index is 2.46. The molecule has 4 nitrogen and oxygen atoms in total. The monoisotopic (exact) mass is 162 g/mol. The molecule has 0 fully saturated rings. The fraction of sp³-hybridized carbons (Fsp3) is 0.250. The molecule has 0 saturated carbocycles. The summed E-state index contributed by atoms with van der Waals surface area (Å²) in [5.74, 6) is 0. The summed E-state index contributed by atoms with van der Waals surface area (Å²) in [5, 5.41) is 7.67. The maximum absolute atomic E-state index is 5.43. The third-order valence-electron chi connectivity index (χ3n) is 1.79. The number of rotatable bonds is 2. The Morgan fingerprint density at radius 2 is 2.33 bits per heavy atom. The zero-order chi connectivity index (χ0) is 8.39. The van der Waals surface area contributed by atoms with Crippen LogP contribution < -0.4 is 5.73 Å². The summed E-state index contributed by atoms with van der Waals surface area (Å²) < 4.78 is 1.75. The predicted molar refractivity (Wildman–Crippen MR) is 45.7 cm³/mol. The summed E-state index contributed by atoms with van der Waals surface area (Å²) in [5.41, 5.74) is 7.63.